The summed E-state index contributed by atoms with van der Waals surface area (Å²) in [7, 11) is 1.71. The van der Waals surface area contributed by atoms with E-state index in [4.69, 9.17) is 6.42 Å². The lowest BCUT2D eigenvalue weighted by atomic mass is 10.2. The van der Waals surface area contributed by atoms with Crippen molar-refractivity contribution >= 4 is 16.9 Å². The summed E-state index contributed by atoms with van der Waals surface area (Å²) in [5, 5.41) is 3.65. The molecule has 0 aliphatic carbocycles. The van der Waals surface area contributed by atoms with Gasteiger partial charge in [-0.3, -0.25) is 0 Å². The van der Waals surface area contributed by atoms with Crippen LogP contribution in [0, 0.1) is 12.3 Å². The number of aromatic nitrogens is 3. The average molecular weight is 276 g/mol. The fourth-order valence-corrected chi connectivity index (χ4v) is 2.18. The molecule has 0 bridgehead atoms. The third-order valence-electron chi connectivity index (χ3n) is 3.14. The highest BCUT2D eigenvalue weighted by Crippen LogP contribution is 2.20. The molecule has 0 aliphatic heterocycles. The molecule has 5 heteroatoms. The van der Waals surface area contributed by atoms with Crippen LogP contribution in [0.3, 0.4) is 0 Å². The molecule has 1 N–H and O–H groups in total. The first kappa shape index (κ1) is 12.9. The summed E-state index contributed by atoms with van der Waals surface area (Å²) >= 11 is 0. The normalized spacial score (nSPS) is 10.3. The van der Waals surface area contributed by atoms with Gasteiger partial charge in [-0.2, -0.15) is 4.98 Å². The standard InChI is InChI=1S/C16H12N4O/c1-3-11-9-10-13-14(17-2)19-16(21)20(15(13)18-11)12-7-5-4-6-8-12/h1,4-10H,2H3,(H,17,19,21). The molecule has 3 aromatic rings. The Hall–Kier alpha value is -3.13. The molecule has 0 spiro atoms. The number of nitrogens with one attached hydrogen (secondary N) is 1. The van der Waals surface area contributed by atoms with E-state index < -0.39 is 5.69 Å². The smallest absolute Gasteiger partial charge is 0.355 e. The van der Waals surface area contributed by atoms with E-state index in [1.807, 2.05) is 36.4 Å². The van der Waals surface area contributed by atoms with E-state index >= 15 is 0 Å². The predicted molar refractivity (Wildman–Crippen MR) is 82.6 cm³/mol. The van der Waals surface area contributed by atoms with Gasteiger partial charge in [0.1, 0.15) is 11.5 Å². The topological polar surface area (TPSA) is 59.8 Å². The summed E-state index contributed by atoms with van der Waals surface area (Å²) in [6.07, 6.45) is 5.41. The van der Waals surface area contributed by atoms with Gasteiger partial charge in [-0.05, 0) is 24.3 Å². The van der Waals surface area contributed by atoms with Gasteiger partial charge in [0.25, 0.3) is 0 Å². The lowest BCUT2D eigenvalue weighted by molar-refractivity contribution is 0.941. The predicted octanol–water partition coefficient (Wildman–Crippen LogP) is 1.80. The Morgan fingerprint density at radius 3 is 2.57 bits per heavy atom. The number of pyridine rings is 1. The Labute approximate surface area is 121 Å². The van der Waals surface area contributed by atoms with Crippen LogP contribution < -0.4 is 11.0 Å². The van der Waals surface area contributed by atoms with Crippen LogP contribution in [0.2, 0.25) is 0 Å². The monoisotopic (exact) mass is 276 g/mol. The van der Waals surface area contributed by atoms with Crippen LogP contribution in [0.15, 0.2) is 47.3 Å². The molecular formula is C16H12N4O. The molecule has 3 rings (SSSR count). The minimum atomic E-state index is -0.403. The maximum Gasteiger partial charge on any atom is 0.355 e. The van der Waals surface area contributed by atoms with Crippen molar-refractivity contribution in [2.75, 3.05) is 12.4 Å². The summed E-state index contributed by atoms with van der Waals surface area (Å²) in [6, 6.07) is 12.8. The number of para-hydroxylation sites is 1. The maximum absolute atomic E-state index is 12.3. The molecule has 0 atom stereocenters. The van der Waals surface area contributed by atoms with E-state index in [0.29, 0.717) is 22.8 Å². The molecule has 0 aliphatic rings. The first-order valence-electron chi connectivity index (χ1n) is 6.38. The van der Waals surface area contributed by atoms with Crippen molar-refractivity contribution in [1.82, 2.24) is 14.5 Å². The number of rotatable bonds is 2. The van der Waals surface area contributed by atoms with Gasteiger partial charge in [-0.25, -0.2) is 14.3 Å². The third kappa shape index (κ3) is 2.13. The highest BCUT2D eigenvalue weighted by Gasteiger charge is 2.12. The van der Waals surface area contributed by atoms with Crippen LogP contribution >= 0.6 is 0 Å². The van der Waals surface area contributed by atoms with Crippen molar-refractivity contribution in [1.29, 1.82) is 0 Å². The number of hydrogen-bond donors (Lipinski definition) is 1. The summed E-state index contributed by atoms with van der Waals surface area (Å²) in [5.41, 5.74) is 1.25. The molecule has 0 fully saturated rings. The SMILES string of the molecule is C#Cc1ccc2c(NC)nc(=O)n(-c3ccccc3)c2n1. The molecule has 0 amide bonds. The Balaban J connectivity index is 2.46. The molecule has 0 saturated carbocycles. The second kappa shape index (κ2) is 5.10. The number of fused-ring (bicyclic) bond motifs is 1. The molecular weight excluding hydrogens is 264 g/mol. The van der Waals surface area contributed by atoms with Gasteiger partial charge in [-0.15, -0.1) is 6.42 Å². The molecule has 0 saturated heterocycles. The van der Waals surface area contributed by atoms with Crippen LogP contribution in [0.4, 0.5) is 5.82 Å². The molecule has 2 aromatic heterocycles. The van der Waals surface area contributed by atoms with Crippen LogP contribution in [0.25, 0.3) is 16.7 Å². The summed E-state index contributed by atoms with van der Waals surface area (Å²) in [6.45, 7) is 0. The van der Waals surface area contributed by atoms with Crippen molar-refractivity contribution in [2.45, 2.75) is 0 Å². The molecule has 0 radical (unpaired) electrons. The van der Waals surface area contributed by atoms with E-state index in [-0.39, 0.29) is 0 Å². The molecule has 0 unspecified atom stereocenters. The van der Waals surface area contributed by atoms with Crippen LogP contribution in [0.5, 0.6) is 0 Å². The van der Waals surface area contributed by atoms with Crippen molar-refractivity contribution in [3.8, 4) is 18.0 Å². The molecule has 102 valence electrons. The van der Waals surface area contributed by atoms with Gasteiger partial charge in [0.2, 0.25) is 0 Å². The maximum atomic E-state index is 12.3. The van der Waals surface area contributed by atoms with Gasteiger partial charge >= 0.3 is 5.69 Å². The van der Waals surface area contributed by atoms with E-state index in [1.165, 1.54) is 4.57 Å². The fourth-order valence-electron chi connectivity index (χ4n) is 2.18. The van der Waals surface area contributed by atoms with Gasteiger partial charge in [-0.1, -0.05) is 24.1 Å². The van der Waals surface area contributed by atoms with Crippen molar-refractivity contribution in [3.05, 3.63) is 58.6 Å². The number of hydrogen-bond acceptors (Lipinski definition) is 4. The first-order valence-corrected chi connectivity index (χ1v) is 6.38. The van der Waals surface area contributed by atoms with Gasteiger partial charge in [0.15, 0.2) is 5.65 Å². The van der Waals surface area contributed by atoms with E-state index in [1.54, 1.807) is 13.1 Å². The molecule has 5 nitrogen and oxygen atoms in total. The Morgan fingerprint density at radius 2 is 1.90 bits per heavy atom. The summed E-state index contributed by atoms with van der Waals surface area (Å²) < 4.78 is 1.46. The average Bonchev–Trinajstić information content (AvgIpc) is 2.54. The summed E-state index contributed by atoms with van der Waals surface area (Å²) in [5.74, 6) is 2.97. The summed E-state index contributed by atoms with van der Waals surface area (Å²) in [4.78, 5) is 20.8. The zero-order valence-corrected chi connectivity index (χ0v) is 11.4. The van der Waals surface area contributed by atoms with Crippen LogP contribution in [0.1, 0.15) is 5.69 Å². The van der Waals surface area contributed by atoms with Gasteiger partial charge in [0, 0.05) is 7.05 Å². The number of benzene rings is 1. The van der Waals surface area contributed by atoms with Gasteiger partial charge < -0.3 is 5.32 Å². The van der Waals surface area contributed by atoms with E-state index in [2.05, 4.69) is 21.2 Å². The zero-order chi connectivity index (χ0) is 14.8. The Kier molecular flexibility index (Phi) is 3.13. The largest absolute Gasteiger partial charge is 0.372 e. The van der Waals surface area contributed by atoms with Crippen molar-refractivity contribution in [2.24, 2.45) is 0 Å². The van der Waals surface area contributed by atoms with Crippen LogP contribution in [-0.2, 0) is 0 Å². The second-order valence-electron chi connectivity index (χ2n) is 4.38. The van der Waals surface area contributed by atoms with E-state index in [9.17, 15) is 4.79 Å². The van der Waals surface area contributed by atoms with Crippen LogP contribution in [-0.4, -0.2) is 21.6 Å². The van der Waals surface area contributed by atoms with E-state index in [0.717, 1.165) is 5.39 Å². The van der Waals surface area contributed by atoms with Crippen molar-refractivity contribution in [3.63, 3.8) is 0 Å². The lowest BCUT2D eigenvalue weighted by Gasteiger charge is -2.11. The molecule has 1 aromatic carbocycles. The van der Waals surface area contributed by atoms with Crippen molar-refractivity contribution < 1.29 is 0 Å². The first-order chi connectivity index (χ1) is 10.2. The number of anilines is 1. The third-order valence-corrected chi connectivity index (χ3v) is 3.14. The quantitative estimate of drug-likeness (QED) is 0.725. The minimum absolute atomic E-state index is 0.403. The highest BCUT2D eigenvalue weighted by atomic mass is 16.1. The second-order valence-corrected chi connectivity index (χ2v) is 4.38. The number of nitrogens with zero attached hydrogens (tertiary/aromatic N) is 3. The minimum Gasteiger partial charge on any atom is -0.372 e. The highest BCUT2D eigenvalue weighted by molar-refractivity contribution is 5.87. The lowest BCUT2D eigenvalue weighted by Crippen LogP contribution is -2.23. The molecule has 21 heavy (non-hydrogen) atoms. The molecule has 2 heterocycles. The fraction of sp³-hybridized carbons (Fsp3) is 0.0625. The Bertz CT molecular complexity index is 907. The van der Waals surface area contributed by atoms with Gasteiger partial charge in [0.05, 0.1) is 11.1 Å². The Morgan fingerprint density at radius 1 is 1.14 bits per heavy atom. The zero-order valence-electron chi connectivity index (χ0n) is 11.4. The number of terminal acetylenes is 1.